The Balaban J connectivity index is 3.77. The molecule has 0 bridgehead atoms. The van der Waals surface area contributed by atoms with E-state index in [9.17, 15) is 0 Å². The molecule has 0 aromatic carbocycles. The van der Waals surface area contributed by atoms with Crippen LogP contribution < -0.4 is 0 Å². The van der Waals surface area contributed by atoms with Crippen LogP contribution in [0.5, 0.6) is 0 Å². The van der Waals surface area contributed by atoms with Crippen molar-refractivity contribution in [1.82, 2.24) is 0 Å². The van der Waals surface area contributed by atoms with Gasteiger partial charge in [-0.2, -0.15) is 0 Å². The number of rotatable bonds is 11. The van der Waals surface area contributed by atoms with Crippen LogP contribution in [-0.2, 0) is 9.47 Å². The molecule has 0 aromatic rings. The van der Waals surface area contributed by atoms with Gasteiger partial charge in [0.15, 0.2) is 0 Å². The monoisotopic (exact) mass is 246 g/mol. The summed E-state index contributed by atoms with van der Waals surface area (Å²) in [5.41, 5.74) is 0. The first-order valence-electron chi connectivity index (χ1n) is 6.92. The maximum atomic E-state index is 8.58. The number of ether oxygens (including phenoxy) is 2. The fraction of sp³-hybridized carbons (Fsp3) is 1.00. The Morgan fingerprint density at radius 3 is 2.24 bits per heavy atom. The molecule has 0 saturated carbocycles. The molecule has 2 unspecified atom stereocenters. The summed E-state index contributed by atoms with van der Waals surface area (Å²) in [6.07, 6.45) is 3.85. The summed E-state index contributed by atoms with van der Waals surface area (Å²) in [6.45, 7) is 10.7. The molecule has 0 fully saturated rings. The van der Waals surface area contributed by atoms with Crippen molar-refractivity contribution in [3.63, 3.8) is 0 Å². The lowest BCUT2D eigenvalue weighted by atomic mass is 9.95. The molecule has 0 heterocycles. The fourth-order valence-corrected chi connectivity index (χ4v) is 1.72. The van der Waals surface area contributed by atoms with E-state index in [1.165, 1.54) is 6.42 Å². The molecular weight excluding hydrogens is 216 g/mol. The smallest absolute Gasteiger partial charge is 0.0704 e. The highest BCUT2D eigenvalue weighted by molar-refractivity contribution is 4.66. The summed E-state index contributed by atoms with van der Waals surface area (Å²) < 4.78 is 11.1. The van der Waals surface area contributed by atoms with Gasteiger partial charge in [-0.25, -0.2) is 0 Å². The van der Waals surface area contributed by atoms with Gasteiger partial charge in [0.05, 0.1) is 32.5 Å². The normalized spacial score (nSPS) is 15.2. The molecule has 0 aromatic heterocycles. The topological polar surface area (TPSA) is 38.7 Å². The Kier molecular flexibility index (Phi) is 10.9. The quantitative estimate of drug-likeness (QED) is 0.570. The Bertz CT molecular complexity index is 160. The lowest BCUT2D eigenvalue weighted by molar-refractivity contribution is -0.0287. The van der Waals surface area contributed by atoms with Crippen molar-refractivity contribution in [3.05, 3.63) is 0 Å². The molecule has 0 rings (SSSR count). The van der Waals surface area contributed by atoms with Crippen LogP contribution in [0.4, 0.5) is 0 Å². The molecule has 0 saturated heterocycles. The van der Waals surface area contributed by atoms with E-state index in [0.717, 1.165) is 18.8 Å². The first kappa shape index (κ1) is 16.9. The van der Waals surface area contributed by atoms with Gasteiger partial charge < -0.3 is 14.6 Å². The van der Waals surface area contributed by atoms with E-state index in [1.807, 2.05) is 0 Å². The van der Waals surface area contributed by atoms with Gasteiger partial charge in [-0.05, 0) is 24.7 Å². The lowest BCUT2D eigenvalue weighted by Crippen LogP contribution is -2.24. The highest BCUT2D eigenvalue weighted by atomic mass is 16.5. The molecule has 3 nitrogen and oxygen atoms in total. The van der Waals surface area contributed by atoms with Gasteiger partial charge >= 0.3 is 0 Å². The highest BCUT2D eigenvalue weighted by Crippen LogP contribution is 2.19. The zero-order valence-corrected chi connectivity index (χ0v) is 11.9. The SMILES string of the molecule is CCC(C)C(CCC(C)C)OCCOCCO. The van der Waals surface area contributed by atoms with Crippen molar-refractivity contribution in [1.29, 1.82) is 0 Å². The molecule has 0 spiro atoms. The Hall–Kier alpha value is -0.120. The van der Waals surface area contributed by atoms with E-state index in [-0.39, 0.29) is 6.61 Å². The molecule has 0 amide bonds. The van der Waals surface area contributed by atoms with Crippen LogP contribution in [0.2, 0.25) is 0 Å². The van der Waals surface area contributed by atoms with E-state index < -0.39 is 0 Å². The zero-order chi connectivity index (χ0) is 13.1. The van der Waals surface area contributed by atoms with E-state index in [0.29, 0.717) is 31.8 Å². The van der Waals surface area contributed by atoms with Crippen molar-refractivity contribution in [2.24, 2.45) is 11.8 Å². The second-order valence-electron chi connectivity index (χ2n) is 5.10. The Morgan fingerprint density at radius 1 is 1.00 bits per heavy atom. The van der Waals surface area contributed by atoms with Gasteiger partial charge in [-0.15, -0.1) is 0 Å². The highest BCUT2D eigenvalue weighted by Gasteiger charge is 2.16. The van der Waals surface area contributed by atoms with Gasteiger partial charge in [0.25, 0.3) is 0 Å². The van der Waals surface area contributed by atoms with Gasteiger partial charge in [-0.1, -0.05) is 34.1 Å². The van der Waals surface area contributed by atoms with Crippen molar-refractivity contribution in [2.45, 2.75) is 53.1 Å². The first-order chi connectivity index (χ1) is 8.11. The second kappa shape index (κ2) is 11.0. The molecule has 1 N–H and O–H groups in total. The Labute approximate surface area is 107 Å². The second-order valence-corrected chi connectivity index (χ2v) is 5.10. The molecule has 0 aliphatic heterocycles. The van der Waals surface area contributed by atoms with Crippen LogP contribution in [0.1, 0.15) is 47.0 Å². The molecule has 0 radical (unpaired) electrons. The summed E-state index contributed by atoms with van der Waals surface area (Å²) in [5, 5.41) is 8.58. The third kappa shape index (κ3) is 9.57. The standard InChI is InChI=1S/C14H30O3/c1-5-13(4)14(7-6-12(2)3)17-11-10-16-9-8-15/h12-15H,5-11H2,1-4H3. The van der Waals surface area contributed by atoms with E-state index in [1.54, 1.807) is 0 Å². The minimum Gasteiger partial charge on any atom is -0.394 e. The van der Waals surface area contributed by atoms with Gasteiger partial charge in [-0.3, -0.25) is 0 Å². The first-order valence-corrected chi connectivity index (χ1v) is 6.92. The number of hydrogen-bond donors (Lipinski definition) is 1. The fourth-order valence-electron chi connectivity index (χ4n) is 1.72. The predicted octanol–water partition coefficient (Wildman–Crippen LogP) is 2.86. The van der Waals surface area contributed by atoms with Crippen molar-refractivity contribution < 1.29 is 14.6 Å². The van der Waals surface area contributed by atoms with Crippen molar-refractivity contribution >= 4 is 0 Å². The summed E-state index contributed by atoms with van der Waals surface area (Å²) in [6, 6.07) is 0. The van der Waals surface area contributed by atoms with E-state index >= 15 is 0 Å². The molecule has 0 aliphatic carbocycles. The van der Waals surface area contributed by atoms with Crippen LogP contribution in [0.15, 0.2) is 0 Å². The molecule has 3 heteroatoms. The largest absolute Gasteiger partial charge is 0.394 e. The molecule has 2 atom stereocenters. The van der Waals surface area contributed by atoms with Crippen LogP contribution in [0, 0.1) is 11.8 Å². The summed E-state index contributed by atoms with van der Waals surface area (Å²) in [4.78, 5) is 0. The zero-order valence-electron chi connectivity index (χ0n) is 11.9. The summed E-state index contributed by atoms with van der Waals surface area (Å²) in [5.74, 6) is 1.34. The maximum Gasteiger partial charge on any atom is 0.0704 e. The van der Waals surface area contributed by atoms with E-state index in [2.05, 4.69) is 27.7 Å². The number of aliphatic hydroxyl groups is 1. The van der Waals surface area contributed by atoms with Crippen molar-refractivity contribution in [2.75, 3.05) is 26.4 Å². The van der Waals surface area contributed by atoms with Crippen LogP contribution >= 0.6 is 0 Å². The third-order valence-electron chi connectivity index (χ3n) is 3.10. The summed E-state index contributed by atoms with van der Waals surface area (Å²) in [7, 11) is 0. The third-order valence-corrected chi connectivity index (χ3v) is 3.10. The molecule has 0 aliphatic rings. The minimum absolute atomic E-state index is 0.0855. The van der Waals surface area contributed by atoms with Crippen LogP contribution in [0.3, 0.4) is 0 Å². The van der Waals surface area contributed by atoms with Gasteiger partial charge in [0.2, 0.25) is 0 Å². The van der Waals surface area contributed by atoms with Gasteiger partial charge in [0.1, 0.15) is 0 Å². The summed E-state index contributed by atoms with van der Waals surface area (Å²) >= 11 is 0. The minimum atomic E-state index is 0.0855. The Morgan fingerprint density at radius 2 is 1.71 bits per heavy atom. The molecule has 104 valence electrons. The lowest BCUT2D eigenvalue weighted by Gasteiger charge is -2.24. The maximum absolute atomic E-state index is 8.58. The van der Waals surface area contributed by atoms with Crippen LogP contribution in [-0.4, -0.2) is 37.6 Å². The number of aliphatic hydroxyl groups excluding tert-OH is 1. The molecule has 17 heavy (non-hydrogen) atoms. The average Bonchev–Trinajstić information content (AvgIpc) is 2.31. The van der Waals surface area contributed by atoms with Crippen LogP contribution in [0.25, 0.3) is 0 Å². The van der Waals surface area contributed by atoms with E-state index in [4.69, 9.17) is 14.6 Å². The predicted molar refractivity (Wildman–Crippen MR) is 71.2 cm³/mol. The molecular formula is C14H30O3. The van der Waals surface area contributed by atoms with Gasteiger partial charge in [0, 0.05) is 0 Å². The average molecular weight is 246 g/mol. The number of hydrogen-bond acceptors (Lipinski definition) is 3. The van der Waals surface area contributed by atoms with Crippen molar-refractivity contribution in [3.8, 4) is 0 Å².